The van der Waals surface area contributed by atoms with Gasteiger partial charge in [0.2, 0.25) is 0 Å². The first-order valence-electron chi connectivity index (χ1n) is 20.8. The standard InChI is InChI=1S/C57H44N2/c1-57(2)49-30-15-12-27-46(49)55-45(29-18-31-50(55)57)44-26-13-16-32-51(44)59(42-36-37-43(39-20-6-3-7-21-39)48(38-42)40-22-8-4-9-23-40)54-35-19-34-53-56(54)47-28-14-17-33-52(47)58(53)41-24-10-5-11-25-41/h3,5-8,10-38H,4,9H2,1-2H3. The van der Waals surface area contributed by atoms with Crippen molar-refractivity contribution in [2.24, 2.45) is 0 Å². The van der Waals surface area contributed by atoms with E-state index in [1.165, 1.54) is 77.5 Å². The van der Waals surface area contributed by atoms with Crippen molar-refractivity contribution < 1.29 is 0 Å². The van der Waals surface area contributed by atoms with E-state index in [9.17, 15) is 0 Å². The summed E-state index contributed by atoms with van der Waals surface area (Å²) in [5.41, 5.74) is 19.6. The van der Waals surface area contributed by atoms with Crippen LogP contribution >= 0.6 is 0 Å². The SMILES string of the molecule is CC1(C)c2ccccc2-c2c(-c3ccccc3N(c3ccc(-c4ccccc4)c(C4=CCCC=C4)c3)c3cccc4c3c3ccccc3n4-c3ccccc3)cccc21. The molecule has 282 valence electrons. The second-order valence-corrected chi connectivity index (χ2v) is 16.3. The fourth-order valence-electron chi connectivity index (χ4n) is 9.92. The third-order valence-corrected chi connectivity index (χ3v) is 12.6. The highest BCUT2D eigenvalue weighted by atomic mass is 15.2. The van der Waals surface area contributed by atoms with E-state index in [1.54, 1.807) is 0 Å². The van der Waals surface area contributed by atoms with Gasteiger partial charge in [-0.15, -0.1) is 0 Å². The molecule has 0 unspecified atom stereocenters. The summed E-state index contributed by atoms with van der Waals surface area (Å²) in [5, 5.41) is 2.44. The van der Waals surface area contributed by atoms with E-state index in [1.807, 2.05) is 0 Å². The van der Waals surface area contributed by atoms with Gasteiger partial charge in [-0.2, -0.15) is 0 Å². The van der Waals surface area contributed by atoms with Crippen LogP contribution in [-0.4, -0.2) is 4.57 Å². The third kappa shape index (κ3) is 5.62. The van der Waals surface area contributed by atoms with Crippen LogP contribution in [0.5, 0.6) is 0 Å². The molecule has 0 fully saturated rings. The molecule has 9 aromatic rings. The average molecular weight is 757 g/mol. The van der Waals surface area contributed by atoms with E-state index >= 15 is 0 Å². The molecule has 2 aliphatic carbocycles. The first-order valence-corrected chi connectivity index (χ1v) is 20.8. The molecule has 0 aliphatic heterocycles. The van der Waals surface area contributed by atoms with E-state index in [4.69, 9.17) is 0 Å². The van der Waals surface area contributed by atoms with Gasteiger partial charge in [-0.25, -0.2) is 0 Å². The molecule has 2 aliphatic rings. The topological polar surface area (TPSA) is 8.17 Å². The van der Waals surface area contributed by atoms with Crippen molar-refractivity contribution in [2.45, 2.75) is 32.1 Å². The van der Waals surface area contributed by atoms with Crippen molar-refractivity contribution in [1.82, 2.24) is 4.57 Å². The fourth-order valence-corrected chi connectivity index (χ4v) is 9.92. The molecule has 0 spiro atoms. The predicted molar refractivity (Wildman–Crippen MR) is 250 cm³/mol. The van der Waals surface area contributed by atoms with Gasteiger partial charge in [0.25, 0.3) is 0 Å². The molecule has 0 amide bonds. The molecule has 11 rings (SSSR count). The van der Waals surface area contributed by atoms with Crippen molar-refractivity contribution >= 4 is 44.4 Å². The zero-order valence-corrected chi connectivity index (χ0v) is 33.4. The molecule has 1 aromatic heterocycles. The summed E-state index contributed by atoms with van der Waals surface area (Å²) in [6.07, 6.45) is 9.14. The van der Waals surface area contributed by atoms with Gasteiger partial charge in [0.15, 0.2) is 0 Å². The number of anilines is 3. The van der Waals surface area contributed by atoms with Crippen LogP contribution in [0, 0.1) is 0 Å². The molecule has 0 bridgehead atoms. The summed E-state index contributed by atoms with van der Waals surface area (Å²) in [6, 6.07) is 69.4. The largest absolute Gasteiger partial charge is 0.309 e. The Bertz CT molecular complexity index is 3120. The molecule has 2 heteroatoms. The van der Waals surface area contributed by atoms with Gasteiger partial charge in [0.1, 0.15) is 0 Å². The summed E-state index contributed by atoms with van der Waals surface area (Å²) in [4.78, 5) is 2.54. The average Bonchev–Trinajstić information content (AvgIpc) is 3.76. The third-order valence-electron chi connectivity index (χ3n) is 12.6. The van der Waals surface area contributed by atoms with Crippen LogP contribution in [0.3, 0.4) is 0 Å². The number of nitrogens with zero attached hydrogens (tertiary/aromatic N) is 2. The predicted octanol–water partition coefficient (Wildman–Crippen LogP) is 15.6. The lowest BCUT2D eigenvalue weighted by Crippen LogP contribution is -2.15. The molecular weight excluding hydrogens is 713 g/mol. The van der Waals surface area contributed by atoms with Gasteiger partial charge in [0, 0.05) is 33.1 Å². The highest BCUT2D eigenvalue weighted by molar-refractivity contribution is 6.17. The van der Waals surface area contributed by atoms with Gasteiger partial charge < -0.3 is 9.47 Å². The number of para-hydroxylation sites is 3. The van der Waals surface area contributed by atoms with E-state index in [-0.39, 0.29) is 5.41 Å². The molecule has 0 saturated heterocycles. The Morgan fingerprint density at radius 2 is 1.15 bits per heavy atom. The van der Waals surface area contributed by atoms with Crippen LogP contribution in [-0.2, 0) is 5.41 Å². The van der Waals surface area contributed by atoms with Gasteiger partial charge in [-0.05, 0) is 111 Å². The zero-order chi connectivity index (χ0) is 39.5. The highest BCUT2D eigenvalue weighted by Crippen LogP contribution is 2.54. The van der Waals surface area contributed by atoms with Crippen molar-refractivity contribution in [3.8, 4) is 39.1 Å². The van der Waals surface area contributed by atoms with E-state index in [2.05, 4.69) is 230 Å². The first kappa shape index (κ1) is 35.0. The normalized spacial score (nSPS) is 14.0. The molecule has 8 aromatic carbocycles. The second kappa shape index (κ2) is 14.0. The van der Waals surface area contributed by atoms with Crippen LogP contribution in [0.4, 0.5) is 17.1 Å². The Balaban J connectivity index is 1.23. The Morgan fingerprint density at radius 1 is 0.492 bits per heavy atom. The van der Waals surface area contributed by atoms with Gasteiger partial charge in [0.05, 0.1) is 22.4 Å². The van der Waals surface area contributed by atoms with Gasteiger partial charge in [-0.3, -0.25) is 0 Å². The molecule has 0 radical (unpaired) electrons. The number of hydrogen-bond donors (Lipinski definition) is 0. The monoisotopic (exact) mass is 756 g/mol. The maximum atomic E-state index is 2.54. The van der Waals surface area contributed by atoms with Crippen LogP contribution in [0.15, 0.2) is 206 Å². The smallest absolute Gasteiger partial charge is 0.0562 e. The summed E-state index contributed by atoms with van der Waals surface area (Å²) in [7, 11) is 0. The van der Waals surface area contributed by atoms with Crippen molar-refractivity contribution in [2.75, 3.05) is 4.90 Å². The first-order chi connectivity index (χ1) is 29.1. The molecule has 2 nitrogen and oxygen atoms in total. The maximum Gasteiger partial charge on any atom is 0.0562 e. The summed E-state index contributed by atoms with van der Waals surface area (Å²) in [6.45, 7) is 4.74. The highest BCUT2D eigenvalue weighted by Gasteiger charge is 2.37. The quantitative estimate of drug-likeness (QED) is 0.157. The van der Waals surface area contributed by atoms with E-state index in [0.29, 0.717) is 0 Å². The van der Waals surface area contributed by atoms with Crippen molar-refractivity contribution in [3.63, 3.8) is 0 Å². The van der Waals surface area contributed by atoms with Gasteiger partial charge >= 0.3 is 0 Å². The molecule has 1 heterocycles. The minimum atomic E-state index is -0.106. The lowest BCUT2D eigenvalue weighted by atomic mass is 9.82. The Morgan fingerprint density at radius 3 is 1.98 bits per heavy atom. The number of benzene rings is 8. The van der Waals surface area contributed by atoms with E-state index in [0.717, 1.165) is 35.6 Å². The molecular formula is C57H44N2. The zero-order valence-electron chi connectivity index (χ0n) is 33.4. The van der Waals surface area contributed by atoms with Crippen LogP contribution in [0.25, 0.3) is 66.4 Å². The summed E-state index contributed by atoms with van der Waals surface area (Å²) < 4.78 is 2.42. The minimum Gasteiger partial charge on any atom is -0.309 e. The Kier molecular flexibility index (Phi) is 8.34. The number of allylic oxidation sites excluding steroid dienone is 4. The lowest BCUT2D eigenvalue weighted by molar-refractivity contribution is 0.660. The Labute approximate surface area is 346 Å². The molecule has 0 saturated carbocycles. The number of rotatable bonds is 7. The van der Waals surface area contributed by atoms with Crippen LogP contribution in [0.1, 0.15) is 43.4 Å². The maximum absolute atomic E-state index is 2.54. The minimum absolute atomic E-state index is 0.106. The lowest BCUT2D eigenvalue weighted by Gasteiger charge is -2.30. The fraction of sp³-hybridized carbons (Fsp3) is 0.0877. The number of hydrogen-bond acceptors (Lipinski definition) is 1. The van der Waals surface area contributed by atoms with Crippen LogP contribution < -0.4 is 4.90 Å². The van der Waals surface area contributed by atoms with Crippen LogP contribution in [0.2, 0.25) is 0 Å². The molecule has 0 atom stereocenters. The molecule has 59 heavy (non-hydrogen) atoms. The summed E-state index contributed by atoms with van der Waals surface area (Å²) in [5.74, 6) is 0. The molecule has 0 N–H and O–H groups in total. The van der Waals surface area contributed by atoms with Crippen molar-refractivity contribution in [1.29, 1.82) is 0 Å². The number of fused-ring (bicyclic) bond motifs is 6. The number of aromatic nitrogens is 1. The summed E-state index contributed by atoms with van der Waals surface area (Å²) >= 11 is 0. The van der Waals surface area contributed by atoms with Crippen molar-refractivity contribution in [3.05, 3.63) is 223 Å². The van der Waals surface area contributed by atoms with Gasteiger partial charge in [-0.1, -0.05) is 172 Å². The van der Waals surface area contributed by atoms with E-state index < -0.39 is 0 Å². The Hall–Kier alpha value is -7.16. The second-order valence-electron chi connectivity index (χ2n) is 16.3.